The molecule has 0 aliphatic carbocycles. The number of aromatic nitrogens is 2. The smallest absolute Gasteiger partial charge is 0.276 e. The van der Waals surface area contributed by atoms with Crippen molar-refractivity contribution in [2.75, 3.05) is 0 Å². The lowest BCUT2D eigenvalue weighted by Crippen LogP contribution is -2.03. The third kappa shape index (κ3) is 2.75. The third-order valence-electron chi connectivity index (χ3n) is 3.27. The number of nitro benzene ring substituents is 2. The lowest BCUT2D eigenvalue weighted by Gasteiger charge is -2.10. The molecule has 1 aromatic heterocycles. The second-order valence-corrected chi connectivity index (χ2v) is 4.80. The van der Waals surface area contributed by atoms with E-state index in [-0.39, 0.29) is 5.56 Å². The van der Waals surface area contributed by atoms with Crippen molar-refractivity contribution in [2.45, 2.75) is 0 Å². The predicted molar refractivity (Wildman–Crippen MR) is 82.5 cm³/mol. The zero-order valence-corrected chi connectivity index (χ0v) is 11.9. The minimum atomic E-state index is -0.954. The summed E-state index contributed by atoms with van der Waals surface area (Å²) in [5.74, 6) is -0.932. The van der Waals surface area contributed by atoms with Crippen molar-refractivity contribution in [3.8, 4) is 5.75 Å². The Hall–Kier alpha value is -3.82. The van der Waals surface area contributed by atoms with Gasteiger partial charge in [-0.05, 0) is 29.5 Å². The quantitative estimate of drug-likeness (QED) is 0.441. The Kier molecular flexibility index (Phi) is 3.62. The molecule has 0 atom stereocenters. The highest BCUT2D eigenvalue weighted by Crippen LogP contribution is 2.31. The maximum atomic E-state index is 12.0. The van der Waals surface area contributed by atoms with E-state index in [2.05, 4.69) is 15.2 Å². The number of H-pyrrole nitrogens is 1. The van der Waals surface area contributed by atoms with Gasteiger partial charge in [0.1, 0.15) is 0 Å². The van der Waals surface area contributed by atoms with Crippen LogP contribution in [0.3, 0.4) is 0 Å². The summed E-state index contributed by atoms with van der Waals surface area (Å²) in [4.78, 5) is 24.0. The predicted octanol–water partition coefficient (Wildman–Crippen LogP) is 2.20. The molecular formula is C14H8N5O5-. The van der Waals surface area contributed by atoms with Gasteiger partial charge in [0.05, 0.1) is 33.3 Å². The minimum Gasteiger partial charge on any atom is -0.867 e. The van der Waals surface area contributed by atoms with Gasteiger partial charge in [-0.15, -0.1) is 0 Å². The van der Waals surface area contributed by atoms with Crippen LogP contribution in [0, 0.1) is 20.2 Å². The summed E-state index contributed by atoms with van der Waals surface area (Å²) >= 11 is 0. The molecule has 3 rings (SSSR count). The van der Waals surface area contributed by atoms with Crippen molar-refractivity contribution in [2.24, 2.45) is 4.99 Å². The number of aromatic amines is 1. The minimum absolute atomic E-state index is 0.233. The van der Waals surface area contributed by atoms with E-state index in [1.165, 1.54) is 0 Å². The van der Waals surface area contributed by atoms with Gasteiger partial charge >= 0.3 is 0 Å². The number of hydrogen-bond acceptors (Lipinski definition) is 7. The maximum Gasteiger partial charge on any atom is 0.276 e. The first-order valence-electron chi connectivity index (χ1n) is 6.57. The molecule has 0 aliphatic heterocycles. The SMILES string of the molecule is O=[N+]([O-])c1cc(C=Nc2ccc3[nH]ncc3c2)c([O-])c([N+](=O)[O-])c1. The number of non-ortho nitro benzene ring substituents is 1. The summed E-state index contributed by atoms with van der Waals surface area (Å²) in [5, 5.41) is 41.1. The molecule has 0 saturated carbocycles. The van der Waals surface area contributed by atoms with Crippen molar-refractivity contribution < 1.29 is 15.0 Å². The summed E-state index contributed by atoms with van der Waals surface area (Å²) in [6.45, 7) is 0. The van der Waals surface area contributed by atoms with Crippen LogP contribution in [0.1, 0.15) is 5.56 Å². The Morgan fingerprint density at radius 1 is 1.12 bits per heavy atom. The van der Waals surface area contributed by atoms with Crippen LogP contribution in [-0.2, 0) is 0 Å². The maximum absolute atomic E-state index is 12.0. The van der Waals surface area contributed by atoms with Crippen molar-refractivity contribution in [1.82, 2.24) is 10.2 Å². The monoisotopic (exact) mass is 326 g/mol. The van der Waals surface area contributed by atoms with Crippen LogP contribution < -0.4 is 5.11 Å². The second kappa shape index (κ2) is 5.76. The van der Waals surface area contributed by atoms with Crippen LogP contribution in [-0.4, -0.2) is 26.3 Å². The molecule has 0 spiro atoms. The van der Waals surface area contributed by atoms with Crippen molar-refractivity contribution >= 4 is 34.2 Å². The van der Waals surface area contributed by atoms with Gasteiger partial charge in [-0.25, -0.2) is 0 Å². The largest absolute Gasteiger partial charge is 0.867 e. The lowest BCUT2D eigenvalue weighted by atomic mass is 10.1. The number of fused-ring (bicyclic) bond motifs is 1. The summed E-state index contributed by atoms with van der Waals surface area (Å²) in [7, 11) is 0. The summed E-state index contributed by atoms with van der Waals surface area (Å²) in [6, 6.07) is 6.65. The average Bonchev–Trinajstić information content (AvgIpc) is 3.01. The Labute approximate surface area is 133 Å². The zero-order chi connectivity index (χ0) is 17.3. The molecule has 120 valence electrons. The number of benzene rings is 2. The highest BCUT2D eigenvalue weighted by molar-refractivity contribution is 5.89. The Bertz CT molecular complexity index is 994. The molecule has 2 aromatic carbocycles. The van der Waals surface area contributed by atoms with E-state index in [0.29, 0.717) is 11.8 Å². The molecule has 10 heteroatoms. The molecule has 24 heavy (non-hydrogen) atoms. The second-order valence-electron chi connectivity index (χ2n) is 4.80. The Balaban J connectivity index is 2.04. The van der Waals surface area contributed by atoms with Gasteiger partial charge in [-0.3, -0.25) is 30.3 Å². The van der Waals surface area contributed by atoms with E-state index in [0.717, 1.165) is 23.2 Å². The number of nitrogens with one attached hydrogen (secondary N) is 1. The summed E-state index contributed by atoms with van der Waals surface area (Å²) in [5.41, 5.74) is -0.380. The molecule has 0 bridgehead atoms. The van der Waals surface area contributed by atoms with Crippen LogP contribution in [0.25, 0.3) is 10.9 Å². The van der Waals surface area contributed by atoms with Crippen LogP contribution in [0.15, 0.2) is 41.5 Å². The molecular weight excluding hydrogens is 318 g/mol. The molecule has 0 amide bonds. The van der Waals surface area contributed by atoms with Gasteiger partial charge in [0.2, 0.25) is 0 Å². The molecule has 1 heterocycles. The molecule has 10 nitrogen and oxygen atoms in total. The first-order chi connectivity index (χ1) is 11.5. The molecule has 0 aliphatic rings. The molecule has 0 radical (unpaired) electrons. The number of rotatable bonds is 4. The highest BCUT2D eigenvalue weighted by atomic mass is 16.6. The fourth-order valence-corrected chi connectivity index (χ4v) is 2.11. The average molecular weight is 326 g/mol. The first-order valence-corrected chi connectivity index (χ1v) is 6.57. The molecule has 0 saturated heterocycles. The van der Waals surface area contributed by atoms with Crippen molar-refractivity contribution in [1.29, 1.82) is 0 Å². The van der Waals surface area contributed by atoms with Crippen LogP contribution in [0.2, 0.25) is 0 Å². The topological polar surface area (TPSA) is 150 Å². The van der Waals surface area contributed by atoms with Crippen LogP contribution >= 0.6 is 0 Å². The van der Waals surface area contributed by atoms with Crippen molar-refractivity contribution in [3.05, 3.63) is 62.3 Å². The fraction of sp³-hybridized carbons (Fsp3) is 0. The van der Waals surface area contributed by atoms with Gasteiger partial charge < -0.3 is 5.11 Å². The third-order valence-corrected chi connectivity index (χ3v) is 3.27. The van der Waals surface area contributed by atoms with E-state index in [4.69, 9.17) is 0 Å². The van der Waals surface area contributed by atoms with Gasteiger partial charge in [0.25, 0.3) is 11.4 Å². The Morgan fingerprint density at radius 2 is 1.92 bits per heavy atom. The standard InChI is InChI=1S/C14H9N5O5/c20-14-9(4-11(18(21)22)5-13(14)19(23)24)6-15-10-1-2-12-8(3-10)7-16-17-12/h1-7,20H,(H,16,17)/p-1. The number of nitrogens with zero attached hydrogens (tertiary/aromatic N) is 4. The van der Waals surface area contributed by atoms with E-state index in [1.807, 2.05) is 0 Å². The lowest BCUT2D eigenvalue weighted by molar-refractivity contribution is -0.403. The van der Waals surface area contributed by atoms with E-state index in [9.17, 15) is 25.3 Å². The van der Waals surface area contributed by atoms with Gasteiger partial charge in [-0.1, -0.05) is 0 Å². The van der Waals surface area contributed by atoms with Gasteiger partial charge in [0, 0.05) is 17.7 Å². The number of nitro groups is 2. The highest BCUT2D eigenvalue weighted by Gasteiger charge is 2.17. The number of aliphatic imine (C=N–C) groups is 1. The molecule has 0 unspecified atom stereocenters. The zero-order valence-electron chi connectivity index (χ0n) is 11.9. The molecule has 1 N–H and O–H groups in total. The van der Waals surface area contributed by atoms with Crippen LogP contribution in [0.4, 0.5) is 17.1 Å². The first kappa shape index (κ1) is 15.1. The van der Waals surface area contributed by atoms with Gasteiger partial charge in [-0.2, -0.15) is 5.10 Å². The summed E-state index contributed by atoms with van der Waals surface area (Å²) in [6.07, 6.45) is 2.66. The summed E-state index contributed by atoms with van der Waals surface area (Å²) < 4.78 is 0. The van der Waals surface area contributed by atoms with E-state index < -0.39 is 27.0 Å². The normalized spacial score (nSPS) is 11.2. The van der Waals surface area contributed by atoms with Gasteiger partial charge in [0.15, 0.2) is 0 Å². The Morgan fingerprint density at radius 3 is 2.62 bits per heavy atom. The number of hydrogen-bond donors (Lipinski definition) is 1. The van der Waals surface area contributed by atoms with Crippen LogP contribution in [0.5, 0.6) is 5.75 Å². The van der Waals surface area contributed by atoms with Crippen molar-refractivity contribution in [3.63, 3.8) is 0 Å². The van der Waals surface area contributed by atoms with E-state index >= 15 is 0 Å². The fourth-order valence-electron chi connectivity index (χ4n) is 2.11. The molecule has 3 aromatic rings. The van der Waals surface area contributed by atoms with E-state index in [1.54, 1.807) is 24.4 Å². The molecule has 0 fully saturated rings.